The van der Waals surface area contributed by atoms with Gasteiger partial charge in [-0.25, -0.2) is 9.97 Å². The van der Waals surface area contributed by atoms with E-state index in [0.29, 0.717) is 6.04 Å². The number of aromatic nitrogens is 3. The lowest BCUT2D eigenvalue weighted by atomic mass is 10.2. The number of hydrogen-bond acceptors (Lipinski definition) is 4. The zero-order chi connectivity index (χ0) is 13.9. The second kappa shape index (κ2) is 5.95. The average molecular weight is 290 g/mol. The number of nitrogens with zero attached hydrogens (tertiary/aromatic N) is 3. The van der Waals surface area contributed by atoms with E-state index in [4.69, 9.17) is 0 Å². The van der Waals surface area contributed by atoms with Gasteiger partial charge in [0, 0.05) is 29.5 Å². The number of nitrogens with one attached hydrogen (secondary N) is 1. The molecule has 108 valence electrons. The quantitative estimate of drug-likeness (QED) is 0.909. The molecule has 1 fully saturated rings. The van der Waals surface area contributed by atoms with Crippen molar-refractivity contribution in [2.45, 2.75) is 58.0 Å². The van der Waals surface area contributed by atoms with E-state index in [9.17, 15) is 0 Å². The number of rotatable bonds is 5. The van der Waals surface area contributed by atoms with Crippen LogP contribution in [0.2, 0.25) is 0 Å². The number of imidazole rings is 1. The molecule has 0 bridgehead atoms. The SMILES string of the molecule is CCc1cnc(C(C)n2ccnc2NC2CCCC2)s1. The Labute approximate surface area is 124 Å². The van der Waals surface area contributed by atoms with Gasteiger partial charge in [-0.2, -0.15) is 0 Å². The Kier molecular flexibility index (Phi) is 4.05. The largest absolute Gasteiger partial charge is 0.353 e. The lowest BCUT2D eigenvalue weighted by Gasteiger charge is -2.18. The average Bonchev–Trinajstić information content (AvgIpc) is 3.20. The molecule has 2 aromatic heterocycles. The predicted octanol–water partition coefficient (Wildman–Crippen LogP) is 3.87. The second-order valence-electron chi connectivity index (χ2n) is 5.48. The van der Waals surface area contributed by atoms with E-state index in [1.807, 2.05) is 12.4 Å². The summed E-state index contributed by atoms with van der Waals surface area (Å²) < 4.78 is 2.20. The fraction of sp³-hybridized carbons (Fsp3) is 0.600. The van der Waals surface area contributed by atoms with Crippen molar-refractivity contribution in [1.29, 1.82) is 0 Å². The third-order valence-electron chi connectivity index (χ3n) is 4.05. The van der Waals surface area contributed by atoms with Gasteiger partial charge in [0.1, 0.15) is 5.01 Å². The summed E-state index contributed by atoms with van der Waals surface area (Å²) in [5.74, 6) is 0.984. The van der Waals surface area contributed by atoms with Crippen molar-refractivity contribution in [2.75, 3.05) is 5.32 Å². The molecule has 0 aromatic carbocycles. The first-order valence-corrected chi connectivity index (χ1v) is 8.33. The monoisotopic (exact) mass is 290 g/mol. The van der Waals surface area contributed by atoms with Crippen molar-refractivity contribution in [3.05, 3.63) is 28.5 Å². The normalized spacial score (nSPS) is 17.5. The molecule has 1 unspecified atom stereocenters. The summed E-state index contributed by atoms with van der Waals surface area (Å²) in [6.07, 6.45) is 12.2. The maximum atomic E-state index is 4.56. The molecular weight excluding hydrogens is 268 g/mol. The second-order valence-corrected chi connectivity index (χ2v) is 6.62. The third kappa shape index (κ3) is 2.73. The highest BCUT2D eigenvalue weighted by atomic mass is 32.1. The van der Waals surface area contributed by atoms with Gasteiger partial charge in [0.25, 0.3) is 0 Å². The maximum absolute atomic E-state index is 4.56. The molecule has 1 atom stereocenters. The molecule has 2 aromatic rings. The number of thiazole rings is 1. The van der Waals surface area contributed by atoms with E-state index in [1.165, 1.54) is 30.6 Å². The van der Waals surface area contributed by atoms with Crippen LogP contribution in [0.3, 0.4) is 0 Å². The standard InChI is InChI=1S/C15H22N4S/c1-3-13-10-17-14(20-13)11(2)19-9-8-16-15(19)18-12-6-4-5-7-12/h8-12H,3-7H2,1-2H3,(H,16,18). The molecule has 3 rings (SSSR count). The van der Waals surface area contributed by atoms with Crippen molar-refractivity contribution >= 4 is 17.3 Å². The Morgan fingerprint density at radius 2 is 2.20 bits per heavy atom. The molecule has 1 aliphatic carbocycles. The summed E-state index contributed by atoms with van der Waals surface area (Å²) in [6.45, 7) is 4.37. The van der Waals surface area contributed by atoms with Crippen molar-refractivity contribution in [2.24, 2.45) is 0 Å². The first-order valence-electron chi connectivity index (χ1n) is 7.52. The molecule has 0 spiro atoms. The van der Waals surface area contributed by atoms with Crippen LogP contribution < -0.4 is 5.32 Å². The predicted molar refractivity (Wildman–Crippen MR) is 83.4 cm³/mol. The minimum Gasteiger partial charge on any atom is -0.353 e. The topological polar surface area (TPSA) is 42.7 Å². The molecule has 1 aliphatic rings. The van der Waals surface area contributed by atoms with Gasteiger partial charge in [0.15, 0.2) is 0 Å². The highest BCUT2D eigenvalue weighted by molar-refractivity contribution is 7.11. The van der Waals surface area contributed by atoms with Crippen LogP contribution in [0.1, 0.15) is 55.5 Å². The van der Waals surface area contributed by atoms with Crippen LogP contribution in [-0.4, -0.2) is 20.6 Å². The van der Waals surface area contributed by atoms with Crippen LogP contribution in [0.4, 0.5) is 5.95 Å². The molecule has 20 heavy (non-hydrogen) atoms. The molecule has 0 amide bonds. The Hall–Kier alpha value is -1.36. The van der Waals surface area contributed by atoms with E-state index in [0.717, 1.165) is 17.4 Å². The van der Waals surface area contributed by atoms with Gasteiger partial charge in [-0.15, -0.1) is 11.3 Å². The lowest BCUT2D eigenvalue weighted by molar-refractivity contribution is 0.626. The summed E-state index contributed by atoms with van der Waals surface area (Å²) in [7, 11) is 0. The third-order valence-corrected chi connectivity index (χ3v) is 5.36. The fourth-order valence-electron chi connectivity index (χ4n) is 2.79. The van der Waals surface area contributed by atoms with Gasteiger partial charge in [0.2, 0.25) is 5.95 Å². The lowest BCUT2D eigenvalue weighted by Crippen LogP contribution is -2.19. The first kappa shape index (κ1) is 13.6. The number of anilines is 1. The molecule has 0 aliphatic heterocycles. The Morgan fingerprint density at radius 1 is 1.40 bits per heavy atom. The summed E-state index contributed by atoms with van der Waals surface area (Å²) in [6, 6.07) is 0.831. The summed E-state index contributed by atoms with van der Waals surface area (Å²) >= 11 is 1.80. The minimum atomic E-state index is 0.242. The fourth-order valence-corrected chi connectivity index (χ4v) is 3.70. The summed E-state index contributed by atoms with van der Waals surface area (Å²) in [4.78, 5) is 10.4. The molecule has 2 heterocycles. The Bertz CT molecular complexity index is 554. The van der Waals surface area contributed by atoms with Gasteiger partial charge in [-0.3, -0.25) is 0 Å². The van der Waals surface area contributed by atoms with Crippen LogP contribution in [0.15, 0.2) is 18.6 Å². The van der Waals surface area contributed by atoms with Crippen molar-refractivity contribution in [3.63, 3.8) is 0 Å². The number of aryl methyl sites for hydroxylation is 1. The first-order chi connectivity index (χ1) is 9.78. The van der Waals surface area contributed by atoms with Crippen LogP contribution in [0.25, 0.3) is 0 Å². The maximum Gasteiger partial charge on any atom is 0.203 e. The van der Waals surface area contributed by atoms with Gasteiger partial charge >= 0.3 is 0 Å². The Morgan fingerprint density at radius 3 is 2.90 bits per heavy atom. The zero-order valence-corrected chi connectivity index (χ0v) is 13.0. The van der Waals surface area contributed by atoms with Gasteiger partial charge in [-0.05, 0) is 26.2 Å². The van der Waals surface area contributed by atoms with E-state index >= 15 is 0 Å². The van der Waals surface area contributed by atoms with E-state index in [-0.39, 0.29) is 6.04 Å². The van der Waals surface area contributed by atoms with Gasteiger partial charge in [-0.1, -0.05) is 19.8 Å². The van der Waals surface area contributed by atoms with Crippen LogP contribution in [0.5, 0.6) is 0 Å². The van der Waals surface area contributed by atoms with E-state index in [1.54, 1.807) is 11.3 Å². The molecule has 4 nitrogen and oxygen atoms in total. The van der Waals surface area contributed by atoms with Crippen LogP contribution in [0, 0.1) is 0 Å². The smallest absolute Gasteiger partial charge is 0.203 e. The summed E-state index contributed by atoms with van der Waals surface area (Å²) in [5, 5.41) is 4.75. The molecule has 1 N–H and O–H groups in total. The van der Waals surface area contributed by atoms with Gasteiger partial charge < -0.3 is 9.88 Å². The van der Waals surface area contributed by atoms with E-state index in [2.05, 4.69) is 39.9 Å². The molecular formula is C15H22N4S. The van der Waals surface area contributed by atoms with Crippen LogP contribution in [-0.2, 0) is 6.42 Å². The minimum absolute atomic E-state index is 0.242. The number of hydrogen-bond donors (Lipinski definition) is 1. The summed E-state index contributed by atoms with van der Waals surface area (Å²) in [5.41, 5.74) is 0. The molecule has 5 heteroatoms. The molecule has 1 saturated carbocycles. The van der Waals surface area contributed by atoms with Crippen molar-refractivity contribution in [1.82, 2.24) is 14.5 Å². The van der Waals surface area contributed by atoms with Gasteiger partial charge in [0.05, 0.1) is 6.04 Å². The van der Waals surface area contributed by atoms with E-state index < -0.39 is 0 Å². The Balaban J connectivity index is 1.77. The molecule has 0 radical (unpaired) electrons. The van der Waals surface area contributed by atoms with Crippen molar-refractivity contribution < 1.29 is 0 Å². The highest BCUT2D eigenvalue weighted by Gasteiger charge is 2.19. The van der Waals surface area contributed by atoms with Crippen LogP contribution >= 0.6 is 11.3 Å². The molecule has 0 saturated heterocycles. The highest BCUT2D eigenvalue weighted by Crippen LogP contribution is 2.28. The van der Waals surface area contributed by atoms with Crippen molar-refractivity contribution in [3.8, 4) is 0 Å². The zero-order valence-electron chi connectivity index (χ0n) is 12.2.